The van der Waals surface area contributed by atoms with E-state index in [4.69, 9.17) is 9.98 Å². The van der Waals surface area contributed by atoms with E-state index in [1.165, 1.54) is 0 Å². The molecule has 49 heavy (non-hydrogen) atoms. The summed E-state index contributed by atoms with van der Waals surface area (Å²) in [5.41, 5.74) is 15.5. The smallest absolute Gasteiger partial charge is 0.134 e. The maximum absolute atomic E-state index is 5.40. The minimum absolute atomic E-state index is 0.888. The first-order valence-electron chi connectivity index (χ1n) is 16.5. The van der Waals surface area contributed by atoms with Gasteiger partial charge in [0.25, 0.3) is 0 Å². The number of nitrogens with zero attached hydrogens (tertiary/aromatic N) is 3. The fraction of sp³-hybridized carbons (Fsp3) is 0. The molecule has 4 aromatic carbocycles. The largest absolute Gasteiger partial charge is 0.354 e. The van der Waals surface area contributed by atoms with Gasteiger partial charge in [-0.25, -0.2) is 4.99 Å². The molecule has 0 atom stereocenters. The molecule has 4 nitrogen and oxygen atoms in total. The Kier molecular flexibility index (Phi) is 6.21. The number of benzene rings is 4. The molecule has 6 bridgehead atoms. The summed E-state index contributed by atoms with van der Waals surface area (Å²) in [5.74, 6) is 0. The molecule has 6 heterocycles. The van der Waals surface area contributed by atoms with Crippen molar-refractivity contribution >= 4 is 34.2 Å². The van der Waals surface area contributed by atoms with Gasteiger partial charge in [-0.3, -0.25) is 4.99 Å². The quantitative estimate of drug-likeness (QED) is 0.209. The molecule has 0 unspecified atom stereocenters. The molecule has 0 saturated heterocycles. The van der Waals surface area contributed by atoms with Crippen molar-refractivity contribution in [2.75, 3.05) is 0 Å². The van der Waals surface area contributed by atoms with E-state index in [-0.39, 0.29) is 0 Å². The van der Waals surface area contributed by atoms with E-state index < -0.39 is 0 Å². The molecule has 2 radical (unpaired) electrons. The number of allylic oxidation sites excluding steroid dienone is 5. The summed E-state index contributed by atoms with van der Waals surface area (Å²) in [4.78, 5) is 14.4. The van der Waals surface area contributed by atoms with Gasteiger partial charge in [-0.05, 0) is 58.7 Å². The van der Waals surface area contributed by atoms with Crippen LogP contribution in [0, 0.1) is 6.54 Å². The number of aromatic nitrogens is 2. The van der Waals surface area contributed by atoms with Crippen molar-refractivity contribution in [3.63, 3.8) is 0 Å². The first kappa shape index (κ1) is 27.6. The van der Waals surface area contributed by atoms with Crippen molar-refractivity contribution in [2.24, 2.45) is 9.98 Å². The van der Waals surface area contributed by atoms with Crippen molar-refractivity contribution < 1.29 is 0 Å². The first-order valence-corrected chi connectivity index (χ1v) is 16.5. The summed E-state index contributed by atoms with van der Waals surface area (Å²) >= 11 is 0. The Bertz CT molecular complexity index is 2620. The fourth-order valence-electron chi connectivity index (χ4n) is 7.41. The Morgan fingerprint density at radius 2 is 1.00 bits per heavy atom. The number of aromatic amines is 1. The molecule has 0 aliphatic carbocycles. The molecule has 4 aliphatic heterocycles. The number of rotatable bonds is 4. The van der Waals surface area contributed by atoms with E-state index in [1.807, 2.05) is 6.21 Å². The summed E-state index contributed by atoms with van der Waals surface area (Å²) in [7, 11) is 0. The van der Waals surface area contributed by atoms with Crippen LogP contribution in [0.3, 0.4) is 0 Å². The minimum Gasteiger partial charge on any atom is -0.354 e. The lowest BCUT2D eigenvalue weighted by Gasteiger charge is -2.25. The molecule has 228 valence electrons. The van der Waals surface area contributed by atoms with Crippen LogP contribution in [0.2, 0.25) is 0 Å². The van der Waals surface area contributed by atoms with Gasteiger partial charge in [0.15, 0.2) is 0 Å². The fourth-order valence-corrected chi connectivity index (χ4v) is 7.41. The van der Waals surface area contributed by atoms with E-state index >= 15 is 0 Å². The SMILES string of the molecule is [C]1C2=C3N=CC2=C(c2ccccc2)c2ccc(n21)C(c1ccccc1)=C1C=CC(=N1)C(c1ccccc1)=c1ccc([nH]1)=C3c1ccccc1. The number of aliphatic imine (C=N–C) groups is 2. The highest BCUT2D eigenvalue weighted by Gasteiger charge is 2.33. The van der Waals surface area contributed by atoms with Crippen LogP contribution >= 0.6 is 0 Å². The van der Waals surface area contributed by atoms with Crippen molar-refractivity contribution in [1.29, 1.82) is 0 Å². The highest BCUT2D eigenvalue weighted by Crippen LogP contribution is 2.45. The summed E-state index contributed by atoms with van der Waals surface area (Å²) in [6.07, 6.45) is 6.32. The van der Waals surface area contributed by atoms with Gasteiger partial charge < -0.3 is 9.55 Å². The average Bonchev–Trinajstić information content (AvgIpc) is 3.99. The molecule has 0 spiro atoms. The van der Waals surface area contributed by atoms with Gasteiger partial charge in [-0.1, -0.05) is 121 Å². The number of nitrogens with one attached hydrogen (secondary N) is 1. The van der Waals surface area contributed by atoms with Crippen LogP contribution in [0.5, 0.6) is 0 Å². The number of hydrogen-bond acceptors (Lipinski definition) is 2. The minimum atomic E-state index is 0.888. The Hall–Kier alpha value is -6.52. The molecule has 0 saturated carbocycles. The predicted octanol–water partition coefficient (Wildman–Crippen LogP) is 7.74. The predicted molar refractivity (Wildman–Crippen MR) is 198 cm³/mol. The number of hydrogen-bond donors (Lipinski definition) is 1. The lowest BCUT2D eigenvalue weighted by molar-refractivity contribution is 0.933. The number of fused-ring (bicyclic) bond motifs is 3. The lowest BCUT2D eigenvalue weighted by atomic mass is 9.88. The van der Waals surface area contributed by atoms with E-state index in [0.29, 0.717) is 0 Å². The first-order chi connectivity index (χ1) is 24.3. The van der Waals surface area contributed by atoms with Crippen molar-refractivity contribution in [3.05, 3.63) is 231 Å². The van der Waals surface area contributed by atoms with Gasteiger partial charge >= 0.3 is 0 Å². The maximum atomic E-state index is 5.40. The standard InChI is InChI=1S/C45H28N4/c1-5-13-29(14-6-1)41-33-27-46-45-34(33)28-49-39(41)25-26-40(49)43(31-17-9-3-10-18-31)37-23-21-35(47-37)42(30-15-7-2-8-16-30)36-22-24-38(48-36)44(45)32-19-11-4-12-20-32/h1-27,48H. The van der Waals surface area contributed by atoms with Gasteiger partial charge in [-0.15, -0.1) is 0 Å². The highest BCUT2D eigenvalue weighted by molar-refractivity contribution is 6.30. The summed E-state index contributed by atoms with van der Waals surface area (Å²) in [5, 5.41) is 1.98. The van der Waals surface area contributed by atoms with Gasteiger partial charge in [0, 0.05) is 50.4 Å². The van der Waals surface area contributed by atoms with Gasteiger partial charge in [0.2, 0.25) is 0 Å². The summed E-state index contributed by atoms with van der Waals surface area (Å²) < 4.78 is 2.23. The van der Waals surface area contributed by atoms with Crippen molar-refractivity contribution in [3.8, 4) is 0 Å². The second kappa shape index (κ2) is 11.0. The maximum Gasteiger partial charge on any atom is 0.134 e. The second-order valence-corrected chi connectivity index (χ2v) is 12.4. The zero-order valence-corrected chi connectivity index (χ0v) is 26.4. The van der Waals surface area contributed by atoms with Crippen molar-refractivity contribution in [2.45, 2.75) is 0 Å². The van der Waals surface area contributed by atoms with E-state index in [9.17, 15) is 0 Å². The lowest BCUT2D eigenvalue weighted by Crippen LogP contribution is -2.20. The second-order valence-electron chi connectivity index (χ2n) is 12.4. The van der Waals surface area contributed by atoms with Crippen LogP contribution in [0.4, 0.5) is 0 Å². The van der Waals surface area contributed by atoms with Gasteiger partial charge in [0.05, 0.1) is 28.5 Å². The molecule has 1 N–H and O–H groups in total. The third-order valence-electron chi connectivity index (χ3n) is 9.58. The van der Waals surface area contributed by atoms with E-state index in [0.717, 1.165) is 94.9 Å². The van der Waals surface area contributed by atoms with Gasteiger partial charge in [0.1, 0.15) is 6.54 Å². The van der Waals surface area contributed by atoms with E-state index in [1.54, 1.807) is 0 Å². The highest BCUT2D eigenvalue weighted by atomic mass is 15.0. The normalized spacial score (nSPS) is 16.1. The van der Waals surface area contributed by atoms with Crippen molar-refractivity contribution in [1.82, 2.24) is 9.55 Å². The molecule has 0 fully saturated rings. The molecule has 4 heteroatoms. The van der Waals surface area contributed by atoms with Crippen LogP contribution in [0.25, 0.3) is 22.3 Å². The third kappa shape index (κ3) is 4.38. The zero-order valence-electron chi connectivity index (χ0n) is 26.4. The third-order valence-corrected chi connectivity index (χ3v) is 9.58. The Morgan fingerprint density at radius 1 is 0.490 bits per heavy atom. The van der Waals surface area contributed by atoms with Crippen LogP contribution in [-0.4, -0.2) is 21.5 Å². The van der Waals surface area contributed by atoms with Crippen LogP contribution in [0.15, 0.2) is 190 Å². The average molecular weight is 625 g/mol. The summed E-state index contributed by atoms with van der Waals surface area (Å²) in [6, 6.07) is 51.0. The molecular formula is C45H28N4. The monoisotopic (exact) mass is 624 g/mol. The number of H-pyrrole nitrogens is 1. The molecule has 0 amide bonds. The topological polar surface area (TPSA) is 45.4 Å². The molecular weight excluding hydrogens is 597 g/mol. The Morgan fingerprint density at radius 3 is 1.61 bits per heavy atom. The Labute approximate surface area is 284 Å². The van der Waals surface area contributed by atoms with Gasteiger partial charge in [-0.2, -0.15) is 0 Å². The molecule has 2 aromatic heterocycles. The molecule has 4 aliphatic rings. The Balaban J connectivity index is 1.39. The molecule has 6 aromatic rings. The summed E-state index contributed by atoms with van der Waals surface area (Å²) in [6.45, 7) is 3.87. The van der Waals surface area contributed by atoms with Crippen LogP contribution < -0.4 is 10.7 Å². The zero-order chi connectivity index (χ0) is 32.3. The van der Waals surface area contributed by atoms with Crippen LogP contribution in [-0.2, 0) is 0 Å². The van der Waals surface area contributed by atoms with Crippen LogP contribution in [0.1, 0.15) is 33.6 Å². The molecule has 10 rings (SSSR count). The van der Waals surface area contributed by atoms with E-state index in [2.05, 4.69) is 174 Å².